The highest BCUT2D eigenvalue weighted by Gasteiger charge is 2.43. The molecule has 0 bridgehead atoms. The summed E-state index contributed by atoms with van der Waals surface area (Å²) in [5, 5.41) is 0. The SMILES string of the molecule is CC(C)(C)C1CCC(CCl)(C2CCCC2)CC1. The lowest BCUT2D eigenvalue weighted by atomic mass is 9.60. The van der Waals surface area contributed by atoms with Crippen LogP contribution in [0.3, 0.4) is 0 Å². The monoisotopic (exact) mass is 256 g/mol. The maximum atomic E-state index is 6.38. The van der Waals surface area contributed by atoms with E-state index in [1.54, 1.807) is 0 Å². The Hall–Kier alpha value is 0.290. The zero-order chi connectivity index (χ0) is 12.5. The molecule has 2 aliphatic carbocycles. The molecule has 0 nitrogen and oxygen atoms in total. The molecular weight excluding hydrogens is 228 g/mol. The molecule has 17 heavy (non-hydrogen) atoms. The van der Waals surface area contributed by atoms with E-state index in [1.165, 1.54) is 51.4 Å². The van der Waals surface area contributed by atoms with E-state index in [2.05, 4.69) is 20.8 Å². The Labute approximate surface area is 113 Å². The Morgan fingerprint density at radius 2 is 1.53 bits per heavy atom. The van der Waals surface area contributed by atoms with Crippen molar-refractivity contribution in [1.29, 1.82) is 0 Å². The van der Waals surface area contributed by atoms with E-state index in [1.807, 2.05) is 0 Å². The fraction of sp³-hybridized carbons (Fsp3) is 1.00. The molecule has 0 aromatic carbocycles. The maximum Gasteiger partial charge on any atom is 0.0282 e. The van der Waals surface area contributed by atoms with E-state index in [-0.39, 0.29) is 0 Å². The molecular formula is C16H29Cl. The fourth-order valence-electron chi connectivity index (χ4n) is 4.25. The van der Waals surface area contributed by atoms with Crippen LogP contribution in [-0.2, 0) is 0 Å². The molecule has 0 N–H and O–H groups in total. The maximum absolute atomic E-state index is 6.38. The predicted molar refractivity (Wildman–Crippen MR) is 76.5 cm³/mol. The van der Waals surface area contributed by atoms with Crippen LogP contribution in [0.2, 0.25) is 0 Å². The smallest absolute Gasteiger partial charge is 0.0282 e. The molecule has 1 heteroatoms. The van der Waals surface area contributed by atoms with Gasteiger partial charge in [0.05, 0.1) is 0 Å². The largest absolute Gasteiger partial charge is 0.126 e. The molecule has 2 fully saturated rings. The first kappa shape index (κ1) is 13.7. The lowest BCUT2D eigenvalue weighted by Crippen LogP contribution is -2.38. The lowest BCUT2D eigenvalue weighted by Gasteiger charge is -2.46. The molecule has 0 saturated heterocycles. The second-order valence-electron chi connectivity index (χ2n) is 7.62. The average molecular weight is 257 g/mol. The summed E-state index contributed by atoms with van der Waals surface area (Å²) in [7, 11) is 0. The fourth-order valence-corrected chi connectivity index (χ4v) is 4.73. The van der Waals surface area contributed by atoms with Crippen LogP contribution in [-0.4, -0.2) is 5.88 Å². The zero-order valence-electron chi connectivity index (χ0n) is 11.9. The van der Waals surface area contributed by atoms with E-state index in [4.69, 9.17) is 11.6 Å². The van der Waals surface area contributed by atoms with Crippen molar-refractivity contribution >= 4 is 11.6 Å². The first-order valence-corrected chi connectivity index (χ1v) is 8.07. The average Bonchev–Trinajstić information content (AvgIpc) is 2.82. The van der Waals surface area contributed by atoms with Crippen LogP contribution in [0.4, 0.5) is 0 Å². The molecule has 0 aromatic heterocycles. The molecule has 0 amide bonds. The molecule has 100 valence electrons. The van der Waals surface area contributed by atoms with E-state index in [0.717, 1.165) is 17.7 Å². The number of alkyl halides is 1. The van der Waals surface area contributed by atoms with Gasteiger partial charge >= 0.3 is 0 Å². The van der Waals surface area contributed by atoms with E-state index in [0.29, 0.717) is 10.8 Å². The summed E-state index contributed by atoms with van der Waals surface area (Å²) in [5.74, 6) is 2.77. The normalized spacial score (nSPS) is 36.4. The number of rotatable bonds is 2. The van der Waals surface area contributed by atoms with Crippen LogP contribution in [0, 0.1) is 22.7 Å². The molecule has 2 saturated carbocycles. The van der Waals surface area contributed by atoms with Crippen LogP contribution in [0.15, 0.2) is 0 Å². The Balaban J connectivity index is 1.99. The molecule has 0 radical (unpaired) electrons. The van der Waals surface area contributed by atoms with Gasteiger partial charge in [-0.3, -0.25) is 0 Å². The van der Waals surface area contributed by atoms with Gasteiger partial charge in [-0.15, -0.1) is 11.6 Å². The molecule has 0 aromatic rings. The zero-order valence-corrected chi connectivity index (χ0v) is 12.7. The molecule has 0 heterocycles. The van der Waals surface area contributed by atoms with E-state index >= 15 is 0 Å². The van der Waals surface area contributed by atoms with Crippen LogP contribution in [0.1, 0.15) is 72.1 Å². The summed E-state index contributed by atoms with van der Waals surface area (Å²) in [6.07, 6.45) is 11.4. The van der Waals surface area contributed by atoms with Crippen LogP contribution < -0.4 is 0 Å². The molecule has 0 spiro atoms. The molecule has 2 aliphatic rings. The van der Waals surface area contributed by atoms with Crippen molar-refractivity contribution in [2.75, 3.05) is 5.88 Å². The minimum absolute atomic E-state index is 0.494. The Morgan fingerprint density at radius 1 is 1.00 bits per heavy atom. The summed E-state index contributed by atoms with van der Waals surface area (Å²) in [6, 6.07) is 0. The van der Waals surface area contributed by atoms with Gasteiger partial charge in [-0.25, -0.2) is 0 Å². The van der Waals surface area contributed by atoms with Crippen molar-refractivity contribution in [3.05, 3.63) is 0 Å². The highest BCUT2D eigenvalue weighted by atomic mass is 35.5. The van der Waals surface area contributed by atoms with Gasteiger partial charge in [0, 0.05) is 5.88 Å². The Morgan fingerprint density at radius 3 is 1.94 bits per heavy atom. The lowest BCUT2D eigenvalue weighted by molar-refractivity contribution is 0.0586. The van der Waals surface area contributed by atoms with Gasteiger partial charge < -0.3 is 0 Å². The van der Waals surface area contributed by atoms with Crippen LogP contribution >= 0.6 is 11.6 Å². The van der Waals surface area contributed by atoms with Gasteiger partial charge in [-0.2, -0.15) is 0 Å². The van der Waals surface area contributed by atoms with Gasteiger partial charge in [0.15, 0.2) is 0 Å². The van der Waals surface area contributed by atoms with Crippen molar-refractivity contribution in [3.63, 3.8) is 0 Å². The van der Waals surface area contributed by atoms with Gasteiger partial charge in [0.25, 0.3) is 0 Å². The second-order valence-corrected chi connectivity index (χ2v) is 7.88. The third kappa shape index (κ3) is 2.83. The first-order valence-electron chi connectivity index (χ1n) is 7.54. The topological polar surface area (TPSA) is 0 Å². The molecule has 2 rings (SSSR count). The van der Waals surface area contributed by atoms with Gasteiger partial charge in [0.1, 0.15) is 0 Å². The summed E-state index contributed by atoms with van der Waals surface area (Å²) >= 11 is 6.38. The summed E-state index contributed by atoms with van der Waals surface area (Å²) in [5.41, 5.74) is 1.01. The summed E-state index contributed by atoms with van der Waals surface area (Å²) < 4.78 is 0. The van der Waals surface area contributed by atoms with Crippen molar-refractivity contribution < 1.29 is 0 Å². The van der Waals surface area contributed by atoms with Crippen molar-refractivity contribution in [2.24, 2.45) is 22.7 Å². The number of halogens is 1. The first-order chi connectivity index (χ1) is 7.98. The van der Waals surface area contributed by atoms with E-state index < -0.39 is 0 Å². The summed E-state index contributed by atoms with van der Waals surface area (Å²) in [6.45, 7) is 7.21. The molecule has 0 atom stereocenters. The van der Waals surface area contributed by atoms with Gasteiger partial charge in [0.2, 0.25) is 0 Å². The highest BCUT2D eigenvalue weighted by molar-refractivity contribution is 6.18. The quantitative estimate of drug-likeness (QED) is 0.561. The number of hydrogen-bond acceptors (Lipinski definition) is 0. The van der Waals surface area contributed by atoms with Gasteiger partial charge in [-0.05, 0) is 61.2 Å². The standard InChI is InChI=1S/C16H29Cl/c1-15(2,3)13-8-10-16(12-17,11-9-13)14-6-4-5-7-14/h13-14H,4-12H2,1-3H3. The minimum Gasteiger partial charge on any atom is -0.126 e. The van der Waals surface area contributed by atoms with Crippen molar-refractivity contribution in [3.8, 4) is 0 Å². The molecule has 0 aliphatic heterocycles. The van der Waals surface area contributed by atoms with Crippen molar-refractivity contribution in [1.82, 2.24) is 0 Å². The van der Waals surface area contributed by atoms with Crippen molar-refractivity contribution in [2.45, 2.75) is 72.1 Å². The second kappa shape index (κ2) is 5.11. The summed E-state index contributed by atoms with van der Waals surface area (Å²) in [4.78, 5) is 0. The number of hydrogen-bond donors (Lipinski definition) is 0. The highest BCUT2D eigenvalue weighted by Crippen LogP contribution is 2.53. The van der Waals surface area contributed by atoms with Gasteiger partial charge in [-0.1, -0.05) is 33.6 Å². The van der Waals surface area contributed by atoms with Crippen LogP contribution in [0.5, 0.6) is 0 Å². The Bertz CT molecular complexity index is 237. The predicted octanol–water partition coefficient (Wildman–Crippen LogP) is 5.64. The minimum atomic E-state index is 0.494. The third-order valence-electron chi connectivity index (χ3n) is 5.69. The van der Waals surface area contributed by atoms with E-state index in [9.17, 15) is 0 Å². The molecule has 0 unspecified atom stereocenters. The third-order valence-corrected chi connectivity index (χ3v) is 6.23. The Kier molecular flexibility index (Phi) is 4.13. The van der Waals surface area contributed by atoms with Crippen LogP contribution in [0.25, 0.3) is 0 Å².